The molecule has 1 aliphatic rings. The van der Waals surface area contributed by atoms with E-state index < -0.39 is 0 Å². The fourth-order valence-corrected chi connectivity index (χ4v) is 2.44. The standard InChI is InChI=1S/C4H7NS2/c5-4-2-1-3-6-7-4/h5H,1-3H2. The lowest BCUT2D eigenvalue weighted by Crippen LogP contribution is -1.94. The summed E-state index contributed by atoms with van der Waals surface area (Å²) in [6, 6.07) is 0. The zero-order valence-corrected chi connectivity index (χ0v) is 5.57. The Morgan fingerprint density at radius 2 is 2.43 bits per heavy atom. The van der Waals surface area contributed by atoms with Crippen molar-refractivity contribution in [3.8, 4) is 0 Å². The first-order chi connectivity index (χ1) is 3.39. The minimum atomic E-state index is 0.844. The van der Waals surface area contributed by atoms with Crippen molar-refractivity contribution in [1.82, 2.24) is 0 Å². The van der Waals surface area contributed by atoms with Gasteiger partial charge in [-0.15, -0.1) is 0 Å². The molecule has 0 amide bonds. The fourth-order valence-electron chi connectivity index (χ4n) is 0.446. The van der Waals surface area contributed by atoms with Crippen LogP contribution in [0.25, 0.3) is 0 Å². The molecule has 0 aromatic rings. The molecule has 7 heavy (non-hydrogen) atoms. The van der Waals surface area contributed by atoms with Gasteiger partial charge in [0.05, 0.1) is 5.04 Å². The van der Waals surface area contributed by atoms with Crippen LogP contribution in [0.1, 0.15) is 12.8 Å². The molecule has 1 aliphatic heterocycles. The third kappa shape index (κ3) is 1.74. The molecular formula is C4H7NS2. The predicted molar refractivity (Wildman–Crippen MR) is 37.0 cm³/mol. The van der Waals surface area contributed by atoms with Gasteiger partial charge in [-0.05, 0) is 23.6 Å². The van der Waals surface area contributed by atoms with Gasteiger partial charge in [-0.1, -0.05) is 10.8 Å². The van der Waals surface area contributed by atoms with Crippen molar-refractivity contribution >= 4 is 26.6 Å². The zero-order valence-electron chi connectivity index (χ0n) is 3.94. The van der Waals surface area contributed by atoms with Crippen LogP contribution >= 0.6 is 21.6 Å². The van der Waals surface area contributed by atoms with E-state index in [2.05, 4.69) is 0 Å². The van der Waals surface area contributed by atoms with Crippen LogP contribution in [0.3, 0.4) is 0 Å². The quantitative estimate of drug-likeness (QED) is 0.512. The van der Waals surface area contributed by atoms with Crippen molar-refractivity contribution in [3.63, 3.8) is 0 Å². The topological polar surface area (TPSA) is 23.9 Å². The molecule has 1 N–H and O–H groups in total. The van der Waals surface area contributed by atoms with Gasteiger partial charge in [-0.3, -0.25) is 5.41 Å². The van der Waals surface area contributed by atoms with Gasteiger partial charge < -0.3 is 0 Å². The van der Waals surface area contributed by atoms with Crippen LogP contribution < -0.4 is 0 Å². The molecule has 0 unspecified atom stereocenters. The van der Waals surface area contributed by atoms with Crippen molar-refractivity contribution in [2.75, 3.05) is 5.75 Å². The first kappa shape index (κ1) is 5.51. The van der Waals surface area contributed by atoms with Crippen LogP contribution in [-0.4, -0.2) is 10.8 Å². The highest BCUT2D eigenvalue weighted by Gasteiger charge is 2.03. The third-order valence-corrected chi connectivity index (χ3v) is 3.23. The maximum atomic E-state index is 7.13. The van der Waals surface area contributed by atoms with E-state index in [1.165, 1.54) is 12.2 Å². The lowest BCUT2D eigenvalue weighted by Gasteiger charge is -2.06. The molecule has 1 fully saturated rings. The van der Waals surface area contributed by atoms with Crippen molar-refractivity contribution in [2.24, 2.45) is 0 Å². The van der Waals surface area contributed by atoms with E-state index in [-0.39, 0.29) is 0 Å². The largest absolute Gasteiger partial charge is 0.298 e. The maximum absolute atomic E-state index is 7.13. The summed E-state index contributed by atoms with van der Waals surface area (Å²) in [7, 11) is 3.41. The molecule has 1 saturated heterocycles. The van der Waals surface area contributed by atoms with Gasteiger partial charge in [-0.2, -0.15) is 0 Å². The Morgan fingerprint density at radius 1 is 1.57 bits per heavy atom. The van der Waals surface area contributed by atoms with E-state index in [4.69, 9.17) is 5.41 Å². The Hall–Kier alpha value is 0.370. The summed E-state index contributed by atoms with van der Waals surface area (Å²) in [5.74, 6) is 1.23. The van der Waals surface area contributed by atoms with Gasteiger partial charge in [0.2, 0.25) is 0 Å². The summed E-state index contributed by atoms with van der Waals surface area (Å²) >= 11 is 0. The van der Waals surface area contributed by atoms with Gasteiger partial charge in [0.25, 0.3) is 0 Å². The molecule has 1 nitrogen and oxygen atoms in total. The zero-order chi connectivity index (χ0) is 5.11. The molecule has 0 saturated carbocycles. The van der Waals surface area contributed by atoms with Crippen LogP contribution in [0, 0.1) is 5.41 Å². The molecule has 0 aliphatic carbocycles. The number of hydrogen-bond acceptors (Lipinski definition) is 3. The van der Waals surface area contributed by atoms with Crippen LogP contribution in [0.4, 0.5) is 0 Å². The third-order valence-electron chi connectivity index (χ3n) is 0.791. The van der Waals surface area contributed by atoms with Gasteiger partial charge in [0.15, 0.2) is 0 Å². The number of hydrogen-bond donors (Lipinski definition) is 1. The lowest BCUT2D eigenvalue weighted by molar-refractivity contribution is 1.01. The van der Waals surface area contributed by atoms with Crippen LogP contribution in [0.15, 0.2) is 0 Å². The summed E-state index contributed by atoms with van der Waals surface area (Å²) in [5.41, 5.74) is 0. The van der Waals surface area contributed by atoms with E-state index in [1.807, 2.05) is 0 Å². The monoisotopic (exact) mass is 133 g/mol. The molecule has 0 radical (unpaired) electrons. The van der Waals surface area contributed by atoms with Crippen molar-refractivity contribution in [3.05, 3.63) is 0 Å². The van der Waals surface area contributed by atoms with Crippen molar-refractivity contribution in [2.45, 2.75) is 12.8 Å². The molecule has 40 valence electrons. The first-order valence-electron chi connectivity index (χ1n) is 2.26. The Morgan fingerprint density at radius 3 is 2.71 bits per heavy atom. The summed E-state index contributed by atoms with van der Waals surface area (Å²) < 4.78 is 0. The number of nitrogens with one attached hydrogen (secondary N) is 1. The van der Waals surface area contributed by atoms with Crippen LogP contribution in [-0.2, 0) is 0 Å². The van der Waals surface area contributed by atoms with Crippen molar-refractivity contribution < 1.29 is 0 Å². The minimum absolute atomic E-state index is 0.844. The van der Waals surface area contributed by atoms with E-state index >= 15 is 0 Å². The molecule has 0 aromatic heterocycles. The molecule has 1 rings (SSSR count). The molecule has 1 heterocycles. The Labute approximate surface area is 51.2 Å². The molecule has 0 atom stereocenters. The average Bonchev–Trinajstić information content (AvgIpc) is 1.69. The maximum Gasteiger partial charge on any atom is 0.0748 e. The second-order valence-corrected chi connectivity index (χ2v) is 3.94. The summed E-state index contributed by atoms with van der Waals surface area (Å²) in [6.45, 7) is 0. The summed E-state index contributed by atoms with van der Waals surface area (Å²) in [4.78, 5) is 0. The molecule has 0 aromatic carbocycles. The molecule has 0 spiro atoms. The van der Waals surface area contributed by atoms with E-state index in [9.17, 15) is 0 Å². The lowest BCUT2D eigenvalue weighted by atomic mass is 10.4. The molecule has 0 bridgehead atoms. The molecular weight excluding hydrogens is 126 g/mol. The first-order valence-corrected chi connectivity index (χ1v) is 4.58. The Bertz CT molecular complexity index is 73.8. The van der Waals surface area contributed by atoms with Gasteiger partial charge in [-0.25, -0.2) is 0 Å². The number of rotatable bonds is 0. The fraction of sp³-hybridized carbons (Fsp3) is 0.750. The highest BCUT2D eigenvalue weighted by Crippen LogP contribution is 2.30. The summed E-state index contributed by atoms with van der Waals surface area (Å²) in [5, 5.41) is 7.97. The van der Waals surface area contributed by atoms with Crippen LogP contribution in [0.5, 0.6) is 0 Å². The second kappa shape index (κ2) is 2.62. The van der Waals surface area contributed by atoms with Gasteiger partial charge >= 0.3 is 0 Å². The summed E-state index contributed by atoms with van der Waals surface area (Å²) in [6.07, 6.45) is 2.22. The SMILES string of the molecule is N=C1CCCSS1. The Kier molecular flexibility index (Phi) is 2.06. The average molecular weight is 133 g/mol. The minimum Gasteiger partial charge on any atom is -0.298 e. The van der Waals surface area contributed by atoms with Crippen molar-refractivity contribution in [1.29, 1.82) is 5.41 Å². The smallest absolute Gasteiger partial charge is 0.0748 e. The van der Waals surface area contributed by atoms with Gasteiger partial charge in [0.1, 0.15) is 0 Å². The molecule has 3 heteroatoms. The van der Waals surface area contributed by atoms with E-state index in [1.54, 1.807) is 21.6 Å². The second-order valence-electron chi connectivity index (χ2n) is 1.43. The highest BCUT2D eigenvalue weighted by molar-refractivity contribution is 8.82. The van der Waals surface area contributed by atoms with E-state index in [0.29, 0.717) is 0 Å². The normalized spacial score (nSPS) is 22.6. The van der Waals surface area contributed by atoms with Crippen LogP contribution in [0.2, 0.25) is 0 Å². The Balaban J connectivity index is 2.25. The highest BCUT2D eigenvalue weighted by atomic mass is 33.1. The predicted octanol–water partition coefficient (Wildman–Crippen LogP) is 2.14. The van der Waals surface area contributed by atoms with E-state index in [0.717, 1.165) is 11.5 Å². The van der Waals surface area contributed by atoms with Gasteiger partial charge in [0, 0.05) is 5.75 Å².